The Kier molecular flexibility index (Phi) is 6.05. The number of alkyl halides is 2. The maximum Gasteiger partial charge on any atom is 0.291 e. The summed E-state index contributed by atoms with van der Waals surface area (Å²) in [4.78, 5) is 21.8. The van der Waals surface area contributed by atoms with E-state index in [1.807, 2.05) is 42.5 Å². The lowest BCUT2D eigenvalue weighted by Gasteiger charge is -2.11. The number of fused-ring (bicyclic) bond motifs is 1. The number of aromatic nitrogens is 5. The third kappa shape index (κ3) is 4.53. The lowest BCUT2D eigenvalue weighted by molar-refractivity contribution is -0.116. The van der Waals surface area contributed by atoms with Crippen molar-refractivity contribution in [3.05, 3.63) is 78.9 Å². The molecule has 2 N–H and O–H groups in total. The molecule has 0 bridgehead atoms. The Balaban J connectivity index is 1.41. The Labute approximate surface area is 197 Å². The summed E-state index contributed by atoms with van der Waals surface area (Å²) in [5.41, 5.74) is 3.20. The molecule has 0 unspecified atom stereocenters. The highest BCUT2D eigenvalue weighted by molar-refractivity contribution is 7.99. The van der Waals surface area contributed by atoms with Crippen LogP contribution in [-0.2, 0) is 11.3 Å². The molecule has 0 aliphatic rings. The number of para-hydroxylation sites is 3. The SMILES string of the molecule is O=C(Cn1c(SC(F)F)nc2ccccc21)Nc1ccccc1-c1nc(-c2ccccc2)n[nH]1. The fourth-order valence-corrected chi connectivity index (χ4v) is 4.21. The van der Waals surface area contributed by atoms with E-state index >= 15 is 0 Å². The van der Waals surface area contributed by atoms with Crippen LogP contribution in [0.3, 0.4) is 0 Å². The van der Waals surface area contributed by atoms with Crippen LogP contribution in [0.1, 0.15) is 0 Å². The van der Waals surface area contributed by atoms with Crippen LogP contribution in [0.2, 0.25) is 0 Å². The molecule has 7 nitrogen and oxygen atoms in total. The average molecular weight is 477 g/mol. The maximum absolute atomic E-state index is 13.1. The van der Waals surface area contributed by atoms with Gasteiger partial charge in [-0.3, -0.25) is 9.89 Å². The summed E-state index contributed by atoms with van der Waals surface area (Å²) in [5, 5.41) is 10.2. The van der Waals surface area contributed by atoms with Gasteiger partial charge in [-0.1, -0.05) is 54.6 Å². The zero-order valence-electron chi connectivity index (χ0n) is 17.7. The Morgan fingerprint density at radius 3 is 2.53 bits per heavy atom. The third-order valence-electron chi connectivity index (χ3n) is 5.09. The van der Waals surface area contributed by atoms with Crippen molar-refractivity contribution in [3.63, 3.8) is 0 Å². The first-order chi connectivity index (χ1) is 16.6. The summed E-state index contributed by atoms with van der Waals surface area (Å²) in [5.74, 6) is -1.99. The van der Waals surface area contributed by atoms with E-state index in [4.69, 9.17) is 0 Å². The molecule has 0 atom stereocenters. The van der Waals surface area contributed by atoms with E-state index in [0.29, 0.717) is 45.7 Å². The molecule has 2 aromatic heterocycles. The first kappa shape index (κ1) is 21.8. The van der Waals surface area contributed by atoms with Crippen LogP contribution in [-0.4, -0.2) is 36.4 Å². The molecule has 5 aromatic rings. The molecule has 170 valence electrons. The van der Waals surface area contributed by atoms with E-state index in [9.17, 15) is 13.6 Å². The second-order valence-electron chi connectivity index (χ2n) is 7.32. The minimum absolute atomic E-state index is 0.0855. The van der Waals surface area contributed by atoms with Crippen LogP contribution in [0.5, 0.6) is 0 Å². The van der Waals surface area contributed by atoms with Crippen molar-refractivity contribution in [3.8, 4) is 22.8 Å². The third-order valence-corrected chi connectivity index (χ3v) is 5.79. The monoisotopic (exact) mass is 476 g/mol. The van der Waals surface area contributed by atoms with Gasteiger partial charge in [0.2, 0.25) is 5.91 Å². The summed E-state index contributed by atoms with van der Waals surface area (Å²) < 4.78 is 27.6. The molecule has 0 aliphatic carbocycles. The normalized spacial score (nSPS) is 11.3. The minimum Gasteiger partial charge on any atom is -0.324 e. The topological polar surface area (TPSA) is 88.5 Å². The van der Waals surface area contributed by atoms with E-state index in [-0.39, 0.29) is 17.6 Å². The number of H-pyrrole nitrogens is 1. The predicted molar refractivity (Wildman–Crippen MR) is 127 cm³/mol. The van der Waals surface area contributed by atoms with Crippen molar-refractivity contribution in [2.24, 2.45) is 0 Å². The van der Waals surface area contributed by atoms with E-state index in [1.54, 1.807) is 36.4 Å². The molecular weight excluding hydrogens is 458 g/mol. The van der Waals surface area contributed by atoms with Crippen molar-refractivity contribution in [2.75, 3.05) is 5.32 Å². The number of anilines is 1. The molecule has 0 radical (unpaired) electrons. The van der Waals surface area contributed by atoms with Gasteiger partial charge in [0.05, 0.1) is 16.7 Å². The van der Waals surface area contributed by atoms with Crippen LogP contribution >= 0.6 is 11.8 Å². The molecule has 0 saturated carbocycles. The number of hydrogen-bond donors (Lipinski definition) is 2. The summed E-state index contributed by atoms with van der Waals surface area (Å²) in [6.07, 6.45) is 0. The predicted octanol–water partition coefficient (Wildman–Crippen LogP) is 5.44. The second kappa shape index (κ2) is 9.44. The lowest BCUT2D eigenvalue weighted by atomic mass is 10.1. The molecule has 2 heterocycles. The van der Waals surface area contributed by atoms with Gasteiger partial charge in [0.15, 0.2) is 16.8 Å². The highest BCUT2D eigenvalue weighted by atomic mass is 32.2. The number of amides is 1. The standard InChI is InChI=1S/C24H18F2N6OS/c25-23(26)34-24-28-18-12-6-7-13-19(18)32(24)14-20(33)27-17-11-5-4-10-16(17)22-29-21(30-31-22)15-8-2-1-3-9-15/h1-13,23H,14H2,(H,27,33)(H,29,30,31). The molecule has 0 aliphatic heterocycles. The zero-order chi connectivity index (χ0) is 23.5. The number of rotatable bonds is 7. The van der Waals surface area contributed by atoms with E-state index in [2.05, 4.69) is 25.5 Å². The molecular formula is C24H18F2N6OS. The number of nitrogens with zero attached hydrogens (tertiary/aromatic N) is 4. The molecule has 34 heavy (non-hydrogen) atoms. The highest BCUT2D eigenvalue weighted by Crippen LogP contribution is 2.30. The number of halogens is 2. The Morgan fingerprint density at radius 2 is 1.71 bits per heavy atom. The van der Waals surface area contributed by atoms with Crippen LogP contribution in [0.4, 0.5) is 14.5 Å². The number of aromatic amines is 1. The van der Waals surface area contributed by atoms with Crippen LogP contribution in [0.25, 0.3) is 33.8 Å². The smallest absolute Gasteiger partial charge is 0.291 e. The first-order valence-corrected chi connectivity index (χ1v) is 11.2. The largest absolute Gasteiger partial charge is 0.324 e. The molecule has 0 spiro atoms. The Hall–Kier alpha value is -4.05. The van der Waals surface area contributed by atoms with E-state index in [0.717, 1.165) is 5.56 Å². The van der Waals surface area contributed by atoms with Crippen molar-refractivity contribution in [1.29, 1.82) is 0 Å². The lowest BCUT2D eigenvalue weighted by Crippen LogP contribution is -2.20. The van der Waals surface area contributed by atoms with Gasteiger partial charge >= 0.3 is 0 Å². The fourth-order valence-electron chi connectivity index (χ4n) is 3.61. The van der Waals surface area contributed by atoms with E-state index < -0.39 is 5.76 Å². The van der Waals surface area contributed by atoms with Crippen LogP contribution < -0.4 is 5.32 Å². The molecule has 0 fully saturated rings. The zero-order valence-corrected chi connectivity index (χ0v) is 18.5. The van der Waals surface area contributed by atoms with Gasteiger partial charge in [0, 0.05) is 11.1 Å². The molecule has 5 rings (SSSR count). The number of hydrogen-bond acceptors (Lipinski definition) is 5. The van der Waals surface area contributed by atoms with Gasteiger partial charge in [-0.25, -0.2) is 9.97 Å². The number of thioether (sulfide) groups is 1. The Bertz CT molecular complexity index is 1450. The number of nitrogens with one attached hydrogen (secondary N) is 2. The summed E-state index contributed by atoms with van der Waals surface area (Å²) in [6.45, 7) is -0.171. The highest BCUT2D eigenvalue weighted by Gasteiger charge is 2.19. The summed E-state index contributed by atoms with van der Waals surface area (Å²) in [6, 6.07) is 23.7. The van der Waals surface area contributed by atoms with Crippen molar-refractivity contribution in [1.82, 2.24) is 24.7 Å². The molecule has 0 saturated heterocycles. The maximum atomic E-state index is 13.1. The number of imidazole rings is 1. The molecule has 1 amide bonds. The van der Waals surface area contributed by atoms with Gasteiger partial charge in [0.1, 0.15) is 6.54 Å². The number of benzene rings is 3. The molecule has 10 heteroatoms. The van der Waals surface area contributed by atoms with Crippen molar-refractivity contribution in [2.45, 2.75) is 17.5 Å². The second-order valence-corrected chi connectivity index (χ2v) is 8.27. The summed E-state index contributed by atoms with van der Waals surface area (Å²) in [7, 11) is 0. The van der Waals surface area contributed by atoms with Crippen LogP contribution in [0, 0.1) is 0 Å². The minimum atomic E-state index is -2.65. The van der Waals surface area contributed by atoms with Gasteiger partial charge < -0.3 is 9.88 Å². The van der Waals surface area contributed by atoms with Gasteiger partial charge in [-0.15, -0.1) is 0 Å². The average Bonchev–Trinajstić information content (AvgIpc) is 3.45. The first-order valence-electron chi connectivity index (χ1n) is 10.4. The van der Waals surface area contributed by atoms with E-state index in [1.165, 1.54) is 4.57 Å². The van der Waals surface area contributed by atoms with Crippen LogP contribution in [0.15, 0.2) is 84.0 Å². The Morgan fingerprint density at radius 1 is 0.971 bits per heavy atom. The fraction of sp³-hybridized carbons (Fsp3) is 0.0833. The number of carbonyl (C=O) groups excluding carboxylic acids is 1. The van der Waals surface area contributed by atoms with Gasteiger partial charge in [-0.2, -0.15) is 13.9 Å². The van der Waals surface area contributed by atoms with Crippen molar-refractivity contribution >= 4 is 34.4 Å². The van der Waals surface area contributed by atoms with Gasteiger partial charge in [-0.05, 0) is 36.0 Å². The quantitative estimate of drug-likeness (QED) is 0.305. The molecule has 3 aromatic carbocycles. The van der Waals surface area contributed by atoms with Crippen molar-refractivity contribution < 1.29 is 13.6 Å². The van der Waals surface area contributed by atoms with Gasteiger partial charge in [0.25, 0.3) is 5.76 Å². The summed E-state index contributed by atoms with van der Waals surface area (Å²) >= 11 is 0.315. The number of carbonyl (C=O) groups is 1.